The van der Waals surface area contributed by atoms with Gasteiger partial charge in [-0.2, -0.15) is 0 Å². The van der Waals surface area contributed by atoms with Crippen LogP contribution in [0.4, 0.5) is 4.39 Å². The number of carbonyl (C=O) groups is 1. The van der Waals surface area contributed by atoms with Crippen molar-refractivity contribution < 1.29 is 18.7 Å². The summed E-state index contributed by atoms with van der Waals surface area (Å²) >= 11 is 0. The average Bonchev–Trinajstić information content (AvgIpc) is 2.76. The maximum Gasteiger partial charge on any atom is 0.321 e. The third-order valence-electron chi connectivity index (χ3n) is 4.09. The van der Waals surface area contributed by atoms with Crippen molar-refractivity contribution in [1.29, 1.82) is 0 Å². The fourth-order valence-corrected chi connectivity index (χ4v) is 2.56. The molecule has 0 aliphatic carbocycles. The van der Waals surface area contributed by atoms with Gasteiger partial charge in [-0.1, -0.05) is 12.1 Å². The van der Waals surface area contributed by atoms with Crippen molar-refractivity contribution in [2.24, 2.45) is 0 Å². The Labute approximate surface area is 168 Å². The lowest BCUT2D eigenvalue weighted by Gasteiger charge is -2.07. The van der Waals surface area contributed by atoms with E-state index < -0.39 is 0 Å². The molecule has 1 aromatic heterocycles. The van der Waals surface area contributed by atoms with E-state index in [9.17, 15) is 9.18 Å². The molecule has 150 valence electrons. The molecule has 0 aliphatic rings. The van der Waals surface area contributed by atoms with Crippen molar-refractivity contribution in [3.05, 3.63) is 72.3 Å². The molecular weight excluding hydrogens is 373 g/mol. The Morgan fingerprint density at radius 1 is 1.00 bits per heavy atom. The number of halogens is 1. The van der Waals surface area contributed by atoms with Crippen LogP contribution in [0.5, 0.6) is 11.8 Å². The Hall–Kier alpha value is -3.32. The van der Waals surface area contributed by atoms with Crippen LogP contribution in [0.3, 0.4) is 0 Å². The second-order valence-corrected chi connectivity index (χ2v) is 6.19. The molecule has 29 heavy (non-hydrogen) atoms. The zero-order valence-corrected chi connectivity index (χ0v) is 16.1. The molecule has 0 bridgehead atoms. The molecule has 1 heterocycles. The normalized spacial score (nSPS) is 10.6. The fraction of sp³-hybridized carbons (Fsp3) is 0.227. The Bertz CT molecular complexity index is 914. The number of hydrogen-bond donors (Lipinski definition) is 1. The molecule has 0 unspecified atom stereocenters. The van der Waals surface area contributed by atoms with Crippen LogP contribution in [0.1, 0.15) is 23.7 Å². The van der Waals surface area contributed by atoms with Gasteiger partial charge in [0.05, 0.1) is 0 Å². The molecule has 0 saturated carbocycles. The summed E-state index contributed by atoms with van der Waals surface area (Å²) in [6, 6.07) is 13.0. The van der Waals surface area contributed by atoms with Gasteiger partial charge in [-0.25, -0.2) is 14.4 Å². The molecule has 6 nitrogen and oxygen atoms in total. The van der Waals surface area contributed by atoms with E-state index in [4.69, 9.17) is 9.47 Å². The van der Waals surface area contributed by atoms with Crippen molar-refractivity contribution in [3.8, 4) is 22.9 Å². The third-order valence-corrected chi connectivity index (χ3v) is 4.09. The number of amides is 1. The molecule has 1 N–H and O–H groups in total. The molecule has 2 aromatic carbocycles. The van der Waals surface area contributed by atoms with Crippen molar-refractivity contribution >= 4 is 5.91 Å². The summed E-state index contributed by atoms with van der Waals surface area (Å²) < 4.78 is 23.7. The van der Waals surface area contributed by atoms with E-state index in [1.807, 2.05) is 19.1 Å². The maximum atomic E-state index is 12.9. The second-order valence-electron chi connectivity index (χ2n) is 6.19. The number of carbonyl (C=O) groups excluding carboxylic acids is 1. The van der Waals surface area contributed by atoms with Crippen LogP contribution in [-0.4, -0.2) is 35.6 Å². The maximum absolute atomic E-state index is 12.9. The highest BCUT2D eigenvalue weighted by Crippen LogP contribution is 2.22. The first kappa shape index (κ1) is 20.4. The number of benzene rings is 2. The molecule has 0 spiro atoms. The van der Waals surface area contributed by atoms with E-state index in [0.29, 0.717) is 31.1 Å². The molecular formula is C22H22FN3O3. The molecule has 3 aromatic rings. The minimum Gasteiger partial charge on any atom is -0.424 e. The zero-order chi connectivity index (χ0) is 20.5. The first-order valence-corrected chi connectivity index (χ1v) is 9.37. The quantitative estimate of drug-likeness (QED) is 0.549. The van der Waals surface area contributed by atoms with Crippen LogP contribution < -0.4 is 10.1 Å². The fourth-order valence-electron chi connectivity index (χ4n) is 2.56. The number of nitrogens with one attached hydrogen (secondary N) is 1. The summed E-state index contributed by atoms with van der Waals surface area (Å²) in [6.45, 7) is 3.83. The van der Waals surface area contributed by atoms with Gasteiger partial charge >= 0.3 is 6.01 Å². The van der Waals surface area contributed by atoms with Gasteiger partial charge in [-0.05, 0) is 55.3 Å². The predicted molar refractivity (Wildman–Crippen MR) is 107 cm³/mol. The Morgan fingerprint density at radius 3 is 2.34 bits per heavy atom. The van der Waals surface area contributed by atoms with Crippen molar-refractivity contribution in [3.63, 3.8) is 0 Å². The Balaban J connectivity index is 1.56. The summed E-state index contributed by atoms with van der Waals surface area (Å²) in [7, 11) is 0. The molecule has 3 rings (SSSR count). The number of hydrogen-bond acceptors (Lipinski definition) is 5. The Morgan fingerprint density at radius 2 is 1.69 bits per heavy atom. The summed E-state index contributed by atoms with van der Waals surface area (Å²) in [5, 5.41) is 2.87. The average molecular weight is 395 g/mol. The predicted octanol–water partition coefficient (Wildman–Crippen LogP) is 4.23. The van der Waals surface area contributed by atoms with Crippen LogP contribution in [0, 0.1) is 5.82 Å². The lowest BCUT2D eigenvalue weighted by atomic mass is 10.1. The number of rotatable bonds is 9. The van der Waals surface area contributed by atoms with Crippen LogP contribution in [-0.2, 0) is 4.74 Å². The first-order chi connectivity index (χ1) is 14.2. The van der Waals surface area contributed by atoms with Gasteiger partial charge in [-0.3, -0.25) is 4.79 Å². The van der Waals surface area contributed by atoms with Gasteiger partial charge in [0, 0.05) is 43.3 Å². The molecule has 0 radical (unpaired) electrons. The molecule has 0 saturated heterocycles. The monoisotopic (exact) mass is 395 g/mol. The molecule has 1 amide bonds. The van der Waals surface area contributed by atoms with Gasteiger partial charge in [0.15, 0.2) is 0 Å². The minimum atomic E-state index is -0.337. The lowest BCUT2D eigenvalue weighted by Crippen LogP contribution is -2.25. The van der Waals surface area contributed by atoms with Crippen LogP contribution in [0.25, 0.3) is 11.1 Å². The van der Waals surface area contributed by atoms with Crippen molar-refractivity contribution in [2.45, 2.75) is 13.3 Å². The standard InChI is InChI=1S/C22H22FN3O3/c1-2-28-13-3-12-24-21(27)17-6-4-16(5-7-17)18-14-25-22(26-15-18)29-20-10-8-19(23)9-11-20/h4-11,14-15H,2-3,12-13H2,1H3,(H,24,27). The van der Waals surface area contributed by atoms with Crippen LogP contribution >= 0.6 is 0 Å². The summed E-state index contributed by atoms with van der Waals surface area (Å²) in [5.41, 5.74) is 2.26. The number of aromatic nitrogens is 2. The van der Waals surface area contributed by atoms with Crippen molar-refractivity contribution in [2.75, 3.05) is 19.8 Å². The van der Waals surface area contributed by atoms with Gasteiger partial charge < -0.3 is 14.8 Å². The molecule has 0 aliphatic heterocycles. The van der Waals surface area contributed by atoms with Gasteiger partial charge in [-0.15, -0.1) is 0 Å². The highest BCUT2D eigenvalue weighted by atomic mass is 19.1. The van der Waals surface area contributed by atoms with E-state index in [1.165, 1.54) is 24.3 Å². The van der Waals surface area contributed by atoms with E-state index in [-0.39, 0.29) is 17.7 Å². The molecule has 0 atom stereocenters. The highest BCUT2D eigenvalue weighted by molar-refractivity contribution is 5.94. The van der Waals surface area contributed by atoms with E-state index in [2.05, 4.69) is 15.3 Å². The van der Waals surface area contributed by atoms with Crippen LogP contribution in [0.15, 0.2) is 60.9 Å². The SMILES string of the molecule is CCOCCCNC(=O)c1ccc(-c2cnc(Oc3ccc(F)cc3)nc2)cc1. The second kappa shape index (κ2) is 10.3. The minimum absolute atomic E-state index is 0.118. The van der Waals surface area contributed by atoms with Gasteiger partial charge in [0.1, 0.15) is 11.6 Å². The van der Waals surface area contributed by atoms with Gasteiger partial charge in [0.2, 0.25) is 0 Å². The van der Waals surface area contributed by atoms with Crippen molar-refractivity contribution in [1.82, 2.24) is 15.3 Å². The van der Waals surface area contributed by atoms with E-state index >= 15 is 0 Å². The lowest BCUT2D eigenvalue weighted by molar-refractivity contribution is 0.0944. The topological polar surface area (TPSA) is 73.3 Å². The van der Waals surface area contributed by atoms with E-state index in [1.54, 1.807) is 24.5 Å². The van der Waals surface area contributed by atoms with Gasteiger partial charge in [0.25, 0.3) is 5.91 Å². The molecule has 0 fully saturated rings. The number of nitrogens with zero attached hydrogens (tertiary/aromatic N) is 2. The highest BCUT2D eigenvalue weighted by Gasteiger charge is 2.07. The number of ether oxygens (including phenoxy) is 2. The summed E-state index contributed by atoms with van der Waals surface area (Å²) in [4.78, 5) is 20.5. The smallest absolute Gasteiger partial charge is 0.321 e. The third kappa shape index (κ3) is 6.08. The zero-order valence-electron chi connectivity index (χ0n) is 16.1. The first-order valence-electron chi connectivity index (χ1n) is 9.37. The van der Waals surface area contributed by atoms with Crippen LogP contribution in [0.2, 0.25) is 0 Å². The largest absolute Gasteiger partial charge is 0.424 e. The van der Waals surface area contributed by atoms with E-state index in [0.717, 1.165) is 17.5 Å². The summed E-state index contributed by atoms with van der Waals surface area (Å²) in [5.74, 6) is -0.000583. The summed E-state index contributed by atoms with van der Waals surface area (Å²) in [6.07, 6.45) is 4.05. The Kier molecular flexibility index (Phi) is 7.24. The molecule has 7 heteroatoms.